The summed E-state index contributed by atoms with van der Waals surface area (Å²) in [5, 5.41) is 0. The lowest BCUT2D eigenvalue weighted by Crippen LogP contribution is -2.42. The fraction of sp³-hybridized carbons (Fsp3) is 0.533. The zero-order chi connectivity index (χ0) is 13.8. The van der Waals surface area contributed by atoms with E-state index in [1.54, 1.807) is 0 Å². The smallest absolute Gasteiger partial charge is 0.150 e. The second kappa shape index (κ2) is 6.17. The van der Waals surface area contributed by atoms with Crippen LogP contribution in [0, 0.1) is 13.8 Å². The van der Waals surface area contributed by atoms with E-state index in [0.29, 0.717) is 12.2 Å². The molecular weight excluding hydrogens is 242 g/mol. The van der Waals surface area contributed by atoms with Crippen LogP contribution in [-0.2, 0) is 4.74 Å². The molecule has 0 N–H and O–H groups in total. The van der Waals surface area contributed by atoms with Crippen LogP contribution in [0.4, 0.5) is 0 Å². The molecule has 4 nitrogen and oxygen atoms in total. The van der Waals surface area contributed by atoms with Crippen LogP contribution in [0.15, 0.2) is 12.1 Å². The zero-order valence-corrected chi connectivity index (χ0v) is 11.8. The van der Waals surface area contributed by atoms with Crippen LogP contribution in [0.3, 0.4) is 0 Å². The molecule has 0 saturated carbocycles. The van der Waals surface area contributed by atoms with Gasteiger partial charge in [0.2, 0.25) is 0 Å². The maximum atomic E-state index is 10.8. The lowest BCUT2D eigenvalue weighted by Gasteiger charge is -2.30. The molecule has 1 aromatic rings. The Morgan fingerprint density at radius 1 is 1.42 bits per heavy atom. The van der Waals surface area contributed by atoms with Crippen LogP contribution in [-0.4, -0.2) is 50.6 Å². The van der Waals surface area contributed by atoms with Gasteiger partial charge in [-0.3, -0.25) is 4.79 Å². The molecule has 0 aliphatic carbocycles. The summed E-state index contributed by atoms with van der Waals surface area (Å²) in [6.07, 6.45) is 0.978. The molecule has 0 spiro atoms. The van der Waals surface area contributed by atoms with Crippen molar-refractivity contribution in [1.29, 1.82) is 0 Å². The van der Waals surface area contributed by atoms with E-state index in [0.717, 1.165) is 42.9 Å². The summed E-state index contributed by atoms with van der Waals surface area (Å²) in [5.41, 5.74) is 2.67. The molecule has 1 aliphatic rings. The van der Waals surface area contributed by atoms with Gasteiger partial charge in [-0.2, -0.15) is 0 Å². The van der Waals surface area contributed by atoms with E-state index in [1.165, 1.54) is 0 Å². The van der Waals surface area contributed by atoms with E-state index in [4.69, 9.17) is 9.47 Å². The van der Waals surface area contributed by atoms with Crippen molar-refractivity contribution in [3.63, 3.8) is 0 Å². The summed E-state index contributed by atoms with van der Waals surface area (Å²) in [4.78, 5) is 13.0. The quantitative estimate of drug-likeness (QED) is 0.777. The first-order valence-corrected chi connectivity index (χ1v) is 6.59. The molecule has 1 aliphatic heterocycles. The number of aldehydes is 1. The van der Waals surface area contributed by atoms with E-state index in [9.17, 15) is 4.79 Å². The van der Waals surface area contributed by atoms with Gasteiger partial charge >= 0.3 is 0 Å². The van der Waals surface area contributed by atoms with Crippen LogP contribution in [0.25, 0.3) is 0 Å². The van der Waals surface area contributed by atoms with Gasteiger partial charge in [-0.05, 0) is 44.2 Å². The highest BCUT2D eigenvalue weighted by atomic mass is 16.5. The summed E-state index contributed by atoms with van der Waals surface area (Å²) < 4.78 is 11.6. The summed E-state index contributed by atoms with van der Waals surface area (Å²) in [6, 6.07) is 3.70. The Labute approximate surface area is 114 Å². The number of hydrogen-bond acceptors (Lipinski definition) is 4. The first-order chi connectivity index (χ1) is 9.10. The average Bonchev–Trinajstić information content (AvgIpc) is 2.37. The number of aryl methyl sites for hydroxylation is 2. The third kappa shape index (κ3) is 3.55. The van der Waals surface area contributed by atoms with Gasteiger partial charge in [0.1, 0.15) is 24.7 Å². The van der Waals surface area contributed by atoms with Gasteiger partial charge in [-0.25, -0.2) is 0 Å². The van der Waals surface area contributed by atoms with Gasteiger partial charge < -0.3 is 14.4 Å². The van der Waals surface area contributed by atoms with E-state index < -0.39 is 0 Å². The molecule has 0 amide bonds. The van der Waals surface area contributed by atoms with Crippen molar-refractivity contribution in [3.05, 3.63) is 28.8 Å². The number of hydrogen-bond donors (Lipinski definition) is 0. The summed E-state index contributed by atoms with van der Waals surface area (Å²) in [7, 11) is 2.09. The molecule has 0 aromatic heterocycles. The van der Waals surface area contributed by atoms with Gasteiger partial charge in [0.15, 0.2) is 0 Å². The summed E-state index contributed by atoms with van der Waals surface area (Å²) >= 11 is 0. The summed E-state index contributed by atoms with van der Waals surface area (Å²) in [5.74, 6) is 0.863. The molecule has 1 atom stereocenters. The fourth-order valence-corrected chi connectivity index (χ4v) is 2.42. The topological polar surface area (TPSA) is 38.8 Å². The predicted octanol–water partition coefficient (Wildman–Crippen LogP) is 1.83. The lowest BCUT2D eigenvalue weighted by atomic mass is 10.1. The van der Waals surface area contributed by atoms with Crippen molar-refractivity contribution in [1.82, 2.24) is 4.90 Å². The molecular formula is C15H21NO3. The van der Waals surface area contributed by atoms with Crippen molar-refractivity contribution in [3.8, 4) is 5.75 Å². The minimum atomic E-state index is 0.114. The Hall–Kier alpha value is -1.39. The largest absolute Gasteiger partial charge is 0.490 e. The predicted molar refractivity (Wildman–Crippen MR) is 74.0 cm³/mol. The molecule has 1 unspecified atom stereocenters. The van der Waals surface area contributed by atoms with Crippen LogP contribution in [0.1, 0.15) is 21.5 Å². The molecule has 1 heterocycles. The molecule has 1 aromatic carbocycles. The fourth-order valence-electron chi connectivity index (χ4n) is 2.42. The average molecular weight is 263 g/mol. The van der Waals surface area contributed by atoms with Crippen molar-refractivity contribution < 1.29 is 14.3 Å². The highest BCUT2D eigenvalue weighted by molar-refractivity contribution is 5.76. The van der Waals surface area contributed by atoms with E-state index in [1.807, 2.05) is 26.0 Å². The number of rotatable bonds is 4. The second-order valence-electron chi connectivity index (χ2n) is 5.17. The molecule has 0 radical (unpaired) electrons. The number of ether oxygens (including phenoxy) is 2. The second-order valence-corrected chi connectivity index (χ2v) is 5.17. The van der Waals surface area contributed by atoms with Crippen molar-refractivity contribution in [2.75, 3.05) is 33.4 Å². The van der Waals surface area contributed by atoms with Crippen LogP contribution >= 0.6 is 0 Å². The first kappa shape index (κ1) is 14.0. The number of carbonyl (C=O) groups is 1. The Morgan fingerprint density at radius 3 is 2.68 bits per heavy atom. The minimum absolute atomic E-state index is 0.114. The van der Waals surface area contributed by atoms with Gasteiger partial charge in [0.05, 0.1) is 6.61 Å². The van der Waals surface area contributed by atoms with Gasteiger partial charge in [-0.15, -0.1) is 0 Å². The minimum Gasteiger partial charge on any atom is -0.490 e. The summed E-state index contributed by atoms with van der Waals surface area (Å²) in [6.45, 7) is 7.10. The lowest BCUT2D eigenvalue weighted by molar-refractivity contribution is -0.0405. The maximum absolute atomic E-state index is 10.8. The van der Waals surface area contributed by atoms with Gasteiger partial charge in [-0.1, -0.05) is 0 Å². The number of nitrogens with zero attached hydrogens (tertiary/aromatic N) is 1. The van der Waals surface area contributed by atoms with E-state index >= 15 is 0 Å². The van der Waals surface area contributed by atoms with Crippen LogP contribution in [0.2, 0.25) is 0 Å². The Kier molecular flexibility index (Phi) is 4.56. The molecule has 2 rings (SSSR count). The zero-order valence-electron chi connectivity index (χ0n) is 11.8. The van der Waals surface area contributed by atoms with E-state index in [-0.39, 0.29) is 6.10 Å². The van der Waals surface area contributed by atoms with Crippen molar-refractivity contribution in [2.24, 2.45) is 0 Å². The van der Waals surface area contributed by atoms with Crippen molar-refractivity contribution in [2.45, 2.75) is 20.0 Å². The Morgan fingerprint density at radius 2 is 2.11 bits per heavy atom. The molecule has 19 heavy (non-hydrogen) atoms. The molecule has 1 saturated heterocycles. The van der Waals surface area contributed by atoms with Gasteiger partial charge in [0.25, 0.3) is 0 Å². The Balaban J connectivity index is 2.01. The standard InChI is InChI=1S/C15H21NO3/c1-11-6-13(9-17)7-12(2)15(11)19-10-14-8-16(3)4-5-18-14/h6-7,9,14H,4-5,8,10H2,1-3H3. The molecule has 0 bridgehead atoms. The maximum Gasteiger partial charge on any atom is 0.150 e. The highest BCUT2D eigenvalue weighted by Crippen LogP contribution is 2.24. The third-order valence-corrected chi connectivity index (χ3v) is 3.37. The van der Waals surface area contributed by atoms with Crippen LogP contribution < -0.4 is 4.74 Å². The van der Waals surface area contributed by atoms with Crippen molar-refractivity contribution >= 4 is 6.29 Å². The number of morpholine rings is 1. The number of likely N-dealkylation sites (N-methyl/N-ethyl adjacent to an activating group) is 1. The normalized spacial score (nSPS) is 20.3. The van der Waals surface area contributed by atoms with E-state index in [2.05, 4.69) is 11.9 Å². The molecule has 104 valence electrons. The number of carbonyl (C=O) groups excluding carboxylic acids is 1. The van der Waals surface area contributed by atoms with Crippen LogP contribution in [0.5, 0.6) is 5.75 Å². The first-order valence-electron chi connectivity index (χ1n) is 6.59. The van der Waals surface area contributed by atoms with Gasteiger partial charge in [0, 0.05) is 18.7 Å². The Bertz CT molecular complexity index is 436. The SMILES string of the molecule is Cc1cc(C=O)cc(C)c1OCC1CN(C)CCO1. The highest BCUT2D eigenvalue weighted by Gasteiger charge is 2.19. The molecule has 1 fully saturated rings. The number of benzene rings is 1. The monoisotopic (exact) mass is 263 g/mol. The third-order valence-electron chi connectivity index (χ3n) is 3.37. The molecule has 4 heteroatoms.